The first-order chi connectivity index (χ1) is 8.63. The van der Waals surface area contributed by atoms with Crippen molar-refractivity contribution in [3.63, 3.8) is 0 Å². The second kappa shape index (κ2) is 8.60. The van der Waals surface area contributed by atoms with Crippen molar-refractivity contribution in [1.29, 1.82) is 0 Å². The van der Waals surface area contributed by atoms with Gasteiger partial charge in [-0.1, -0.05) is 50.6 Å². The van der Waals surface area contributed by atoms with Crippen LogP contribution in [0.25, 0.3) is 0 Å². The number of nitrogens with one attached hydrogen (secondary N) is 1. The number of hydrogen-bond donors (Lipinski definition) is 1. The third-order valence-electron chi connectivity index (χ3n) is 3.14. The Labute approximate surface area is 117 Å². The molecule has 0 aromatic heterocycles. The van der Waals surface area contributed by atoms with Gasteiger partial charge in [-0.15, -0.1) is 0 Å². The minimum atomic E-state index is 0.566. The molecule has 1 atom stereocenters. The molecule has 0 heterocycles. The second-order valence-electron chi connectivity index (χ2n) is 5.16. The topological polar surface area (TPSA) is 12.0 Å². The fraction of sp³-hybridized carbons (Fsp3) is 0.625. The smallest absolute Gasteiger partial charge is 0.00228 e. The van der Waals surface area contributed by atoms with E-state index in [1.807, 2.05) is 11.8 Å². The van der Waals surface area contributed by atoms with E-state index in [0.717, 1.165) is 6.54 Å². The molecule has 0 fully saturated rings. The molecule has 102 valence electrons. The van der Waals surface area contributed by atoms with Gasteiger partial charge in [-0.25, -0.2) is 0 Å². The molecule has 0 aliphatic carbocycles. The van der Waals surface area contributed by atoms with Crippen LogP contribution in [0.1, 0.15) is 44.2 Å². The van der Waals surface area contributed by atoms with E-state index in [0.29, 0.717) is 12.0 Å². The zero-order valence-electron chi connectivity index (χ0n) is 12.2. The molecule has 1 nitrogen and oxygen atoms in total. The molecule has 0 saturated heterocycles. The van der Waals surface area contributed by atoms with Gasteiger partial charge in [0.05, 0.1) is 0 Å². The first-order valence-electron chi connectivity index (χ1n) is 7.01. The first kappa shape index (κ1) is 15.6. The van der Waals surface area contributed by atoms with Gasteiger partial charge in [0.15, 0.2) is 0 Å². The molecule has 0 bridgehead atoms. The highest BCUT2D eigenvalue weighted by Gasteiger charge is 2.11. The van der Waals surface area contributed by atoms with Crippen molar-refractivity contribution >= 4 is 11.8 Å². The molecule has 1 aromatic rings. The van der Waals surface area contributed by atoms with Crippen LogP contribution in [0.5, 0.6) is 0 Å². The number of aryl methyl sites for hydroxylation is 1. The molecule has 18 heavy (non-hydrogen) atoms. The molecule has 0 aliphatic heterocycles. The van der Waals surface area contributed by atoms with Crippen molar-refractivity contribution in [3.8, 4) is 0 Å². The van der Waals surface area contributed by atoms with Gasteiger partial charge in [0.2, 0.25) is 0 Å². The SMILES string of the molecule is CCSCCC(CNC(C)C)c1ccc(C)cc1. The zero-order valence-corrected chi connectivity index (χ0v) is 13.0. The number of benzene rings is 1. The van der Waals surface area contributed by atoms with Crippen LogP contribution in [-0.2, 0) is 0 Å². The predicted octanol–water partition coefficient (Wildman–Crippen LogP) is 4.22. The summed E-state index contributed by atoms with van der Waals surface area (Å²) in [6.45, 7) is 9.90. The van der Waals surface area contributed by atoms with Crippen LogP contribution in [0.3, 0.4) is 0 Å². The Morgan fingerprint density at radius 2 is 1.83 bits per heavy atom. The summed E-state index contributed by atoms with van der Waals surface area (Å²) in [6, 6.07) is 9.60. The van der Waals surface area contributed by atoms with E-state index < -0.39 is 0 Å². The number of thioether (sulfide) groups is 1. The van der Waals surface area contributed by atoms with E-state index in [1.165, 1.54) is 29.1 Å². The van der Waals surface area contributed by atoms with E-state index in [-0.39, 0.29) is 0 Å². The van der Waals surface area contributed by atoms with Gasteiger partial charge in [-0.2, -0.15) is 11.8 Å². The lowest BCUT2D eigenvalue weighted by Crippen LogP contribution is -2.28. The highest BCUT2D eigenvalue weighted by molar-refractivity contribution is 7.99. The largest absolute Gasteiger partial charge is 0.314 e. The molecule has 2 heteroatoms. The van der Waals surface area contributed by atoms with Crippen LogP contribution in [0, 0.1) is 6.92 Å². The van der Waals surface area contributed by atoms with Crippen LogP contribution in [0.4, 0.5) is 0 Å². The lowest BCUT2D eigenvalue weighted by Gasteiger charge is -2.20. The van der Waals surface area contributed by atoms with Crippen molar-refractivity contribution in [1.82, 2.24) is 5.32 Å². The molecule has 1 aromatic carbocycles. The average Bonchev–Trinajstić information content (AvgIpc) is 2.34. The van der Waals surface area contributed by atoms with E-state index in [2.05, 4.69) is 57.3 Å². The highest BCUT2D eigenvalue weighted by Crippen LogP contribution is 2.22. The van der Waals surface area contributed by atoms with Gasteiger partial charge < -0.3 is 5.32 Å². The maximum absolute atomic E-state index is 3.58. The molecule has 0 radical (unpaired) electrons. The Hall–Kier alpha value is -0.470. The minimum Gasteiger partial charge on any atom is -0.314 e. The van der Waals surface area contributed by atoms with Crippen LogP contribution in [-0.4, -0.2) is 24.1 Å². The summed E-state index contributed by atoms with van der Waals surface area (Å²) in [5, 5.41) is 3.58. The standard InChI is InChI=1S/C16H27NS/c1-5-18-11-10-16(12-17-13(2)3)15-8-6-14(4)7-9-15/h6-9,13,16-17H,5,10-12H2,1-4H3. The van der Waals surface area contributed by atoms with Gasteiger partial charge in [0.25, 0.3) is 0 Å². The summed E-state index contributed by atoms with van der Waals surface area (Å²) in [6.07, 6.45) is 1.27. The molecule has 0 aliphatic rings. The summed E-state index contributed by atoms with van der Waals surface area (Å²) < 4.78 is 0. The van der Waals surface area contributed by atoms with Crippen molar-refractivity contribution in [2.24, 2.45) is 0 Å². The Balaban J connectivity index is 2.60. The lowest BCUT2D eigenvalue weighted by molar-refractivity contribution is 0.522. The number of rotatable bonds is 8. The molecule has 1 rings (SSSR count). The summed E-state index contributed by atoms with van der Waals surface area (Å²) in [4.78, 5) is 0. The van der Waals surface area contributed by atoms with E-state index in [9.17, 15) is 0 Å². The fourth-order valence-electron chi connectivity index (χ4n) is 1.97. The molecule has 0 amide bonds. The molecular weight excluding hydrogens is 238 g/mol. The highest BCUT2D eigenvalue weighted by atomic mass is 32.2. The first-order valence-corrected chi connectivity index (χ1v) is 8.16. The Bertz CT molecular complexity index is 318. The van der Waals surface area contributed by atoms with Gasteiger partial charge in [0.1, 0.15) is 0 Å². The maximum atomic E-state index is 3.58. The van der Waals surface area contributed by atoms with E-state index in [4.69, 9.17) is 0 Å². The summed E-state index contributed by atoms with van der Waals surface area (Å²) in [5.74, 6) is 3.12. The molecular formula is C16H27NS. The Morgan fingerprint density at radius 3 is 2.39 bits per heavy atom. The van der Waals surface area contributed by atoms with Crippen molar-refractivity contribution in [3.05, 3.63) is 35.4 Å². The van der Waals surface area contributed by atoms with Crippen molar-refractivity contribution in [2.45, 2.75) is 46.1 Å². The van der Waals surface area contributed by atoms with Crippen LogP contribution in [0.15, 0.2) is 24.3 Å². The maximum Gasteiger partial charge on any atom is 0.00228 e. The molecule has 1 N–H and O–H groups in total. The third kappa shape index (κ3) is 5.92. The molecule has 1 unspecified atom stereocenters. The predicted molar refractivity (Wildman–Crippen MR) is 84.7 cm³/mol. The van der Waals surface area contributed by atoms with E-state index >= 15 is 0 Å². The molecule has 0 saturated carbocycles. The summed E-state index contributed by atoms with van der Waals surface area (Å²) >= 11 is 2.04. The third-order valence-corrected chi connectivity index (χ3v) is 4.07. The van der Waals surface area contributed by atoms with Crippen LogP contribution < -0.4 is 5.32 Å². The second-order valence-corrected chi connectivity index (χ2v) is 6.55. The van der Waals surface area contributed by atoms with Gasteiger partial charge in [-0.05, 0) is 36.3 Å². The van der Waals surface area contributed by atoms with E-state index in [1.54, 1.807) is 0 Å². The van der Waals surface area contributed by atoms with Crippen LogP contribution in [0.2, 0.25) is 0 Å². The van der Waals surface area contributed by atoms with Crippen molar-refractivity contribution in [2.75, 3.05) is 18.1 Å². The van der Waals surface area contributed by atoms with Gasteiger partial charge in [0, 0.05) is 12.6 Å². The van der Waals surface area contributed by atoms with Gasteiger partial charge in [-0.3, -0.25) is 0 Å². The Kier molecular flexibility index (Phi) is 7.45. The molecule has 0 spiro atoms. The quantitative estimate of drug-likeness (QED) is 0.706. The normalized spacial score (nSPS) is 12.9. The monoisotopic (exact) mass is 265 g/mol. The van der Waals surface area contributed by atoms with Gasteiger partial charge >= 0.3 is 0 Å². The Morgan fingerprint density at radius 1 is 1.17 bits per heavy atom. The fourth-order valence-corrected chi connectivity index (χ4v) is 2.71. The average molecular weight is 265 g/mol. The zero-order chi connectivity index (χ0) is 13.4. The van der Waals surface area contributed by atoms with Crippen molar-refractivity contribution < 1.29 is 0 Å². The lowest BCUT2D eigenvalue weighted by atomic mass is 9.95. The van der Waals surface area contributed by atoms with Crippen LogP contribution >= 0.6 is 11.8 Å². The number of hydrogen-bond acceptors (Lipinski definition) is 2. The summed E-state index contributed by atoms with van der Waals surface area (Å²) in [5.41, 5.74) is 2.82. The minimum absolute atomic E-state index is 0.566. The summed E-state index contributed by atoms with van der Waals surface area (Å²) in [7, 11) is 0.